The van der Waals surface area contributed by atoms with E-state index in [1.54, 1.807) is 13.0 Å². The summed E-state index contributed by atoms with van der Waals surface area (Å²) in [6, 6.07) is 8.45. The zero-order valence-corrected chi connectivity index (χ0v) is 17.8. The molecule has 0 bridgehead atoms. The highest BCUT2D eigenvalue weighted by molar-refractivity contribution is 7.89. The monoisotopic (exact) mass is 456 g/mol. The van der Waals surface area contributed by atoms with Gasteiger partial charge in [0.25, 0.3) is 0 Å². The number of aromatic amines is 1. The molecule has 3 aromatic rings. The van der Waals surface area contributed by atoms with Crippen LogP contribution in [0.4, 0.5) is 0 Å². The van der Waals surface area contributed by atoms with Gasteiger partial charge in [-0.05, 0) is 55.0 Å². The molecule has 1 aromatic heterocycles. The van der Waals surface area contributed by atoms with Crippen LogP contribution in [0, 0.1) is 11.8 Å². The molecule has 0 amide bonds. The average molecular weight is 456 g/mol. The van der Waals surface area contributed by atoms with Crippen LogP contribution in [0.5, 0.6) is 5.75 Å². The highest BCUT2D eigenvalue weighted by Gasteiger charge is 2.27. The molecule has 0 saturated carbocycles. The number of fused-ring (bicyclic) bond motifs is 1. The zero-order chi connectivity index (χ0) is 23.3. The highest BCUT2D eigenvalue weighted by Crippen LogP contribution is 2.22. The van der Waals surface area contributed by atoms with Crippen molar-refractivity contribution in [1.82, 2.24) is 9.71 Å². The minimum Gasteiger partial charge on any atom is -0.481 e. The van der Waals surface area contributed by atoms with Gasteiger partial charge in [0.2, 0.25) is 10.0 Å². The summed E-state index contributed by atoms with van der Waals surface area (Å²) in [5, 5.41) is 19.3. The Morgan fingerprint density at radius 3 is 2.50 bits per heavy atom. The second-order valence-electron chi connectivity index (χ2n) is 6.78. The summed E-state index contributed by atoms with van der Waals surface area (Å²) in [4.78, 5) is 25.8. The van der Waals surface area contributed by atoms with Gasteiger partial charge in [-0.1, -0.05) is 5.92 Å². The van der Waals surface area contributed by atoms with E-state index in [0.717, 1.165) is 0 Å². The van der Waals surface area contributed by atoms with Gasteiger partial charge in [-0.25, -0.2) is 13.2 Å². The van der Waals surface area contributed by atoms with Crippen molar-refractivity contribution in [1.29, 1.82) is 0 Å². The van der Waals surface area contributed by atoms with Crippen LogP contribution in [0.25, 0.3) is 10.9 Å². The number of ether oxygens (including phenoxy) is 1. The van der Waals surface area contributed by atoms with E-state index in [1.807, 2.05) is 0 Å². The van der Waals surface area contributed by atoms with Crippen LogP contribution in [0.3, 0.4) is 0 Å². The second-order valence-corrected chi connectivity index (χ2v) is 8.50. The Labute approximate surface area is 184 Å². The van der Waals surface area contributed by atoms with Gasteiger partial charge in [-0.15, -0.1) is 5.92 Å². The summed E-state index contributed by atoms with van der Waals surface area (Å²) in [7, 11) is -4.14. The van der Waals surface area contributed by atoms with Gasteiger partial charge in [-0.2, -0.15) is 4.72 Å². The van der Waals surface area contributed by atoms with E-state index in [2.05, 4.69) is 21.5 Å². The summed E-state index contributed by atoms with van der Waals surface area (Å²) >= 11 is 0. The lowest BCUT2D eigenvalue weighted by Gasteiger charge is -2.15. The first kappa shape index (κ1) is 22.9. The van der Waals surface area contributed by atoms with Crippen LogP contribution in [0.1, 0.15) is 22.8 Å². The van der Waals surface area contributed by atoms with E-state index in [1.165, 1.54) is 42.6 Å². The van der Waals surface area contributed by atoms with Crippen molar-refractivity contribution in [3.63, 3.8) is 0 Å². The molecule has 0 aliphatic heterocycles. The van der Waals surface area contributed by atoms with Crippen molar-refractivity contribution >= 4 is 32.9 Å². The average Bonchev–Trinajstić information content (AvgIpc) is 3.15. The van der Waals surface area contributed by atoms with Crippen molar-refractivity contribution in [2.45, 2.75) is 24.3 Å². The molecule has 4 N–H and O–H groups in total. The molecule has 3 rings (SSSR count). The summed E-state index contributed by atoms with van der Waals surface area (Å²) in [5.74, 6) is 3.33. The molecule has 0 spiro atoms. The molecule has 0 radical (unpaired) electrons. The number of nitrogens with one attached hydrogen (secondary N) is 2. The van der Waals surface area contributed by atoms with Crippen LogP contribution in [-0.2, 0) is 21.2 Å². The van der Waals surface area contributed by atoms with E-state index in [9.17, 15) is 28.2 Å². The summed E-state index contributed by atoms with van der Waals surface area (Å²) in [5.41, 5.74) is 1.12. The molecule has 10 heteroatoms. The van der Waals surface area contributed by atoms with Crippen molar-refractivity contribution in [3.8, 4) is 17.6 Å². The smallest absolute Gasteiger partial charge is 0.335 e. The molecular weight excluding hydrogens is 436 g/mol. The fourth-order valence-electron chi connectivity index (χ4n) is 3.04. The molecule has 0 aliphatic rings. The number of sulfonamides is 1. The maximum Gasteiger partial charge on any atom is 0.335 e. The zero-order valence-electron chi connectivity index (χ0n) is 17.0. The van der Waals surface area contributed by atoms with Crippen LogP contribution >= 0.6 is 0 Å². The third kappa shape index (κ3) is 5.26. The minimum absolute atomic E-state index is 0.0398. The van der Waals surface area contributed by atoms with Crippen LogP contribution < -0.4 is 9.46 Å². The Hall–Kier alpha value is -3.81. The summed E-state index contributed by atoms with van der Waals surface area (Å²) in [6.07, 6.45) is 1.35. The largest absolute Gasteiger partial charge is 0.481 e. The number of rotatable bonds is 9. The first-order valence-electron chi connectivity index (χ1n) is 9.42. The van der Waals surface area contributed by atoms with Crippen molar-refractivity contribution in [2.24, 2.45) is 0 Å². The molecule has 0 saturated heterocycles. The number of hydrogen-bond donors (Lipinski definition) is 4. The number of benzene rings is 2. The lowest BCUT2D eigenvalue weighted by Crippen LogP contribution is -2.42. The fraction of sp³-hybridized carbons (Fsp3) is 0.182. The van der Waals surface area contributed by atoms with Gasteiger partial charge < -0.3 is 19.9 Å². The predicted molar refractivity (Wildman–Crippen MR) is 116 cm³/mol. The van der Waals surface area contributed by atoms with Gasteiger partial charge in [0.1, 0.15) is 18.4 Å². The SMILES string of the molecule is CC#CCOc1ccc(S(=O)(=O)N[C@@H](Cc2c[nH]c3ccc(C(=O)O)cc23)C(=O)O)cc1. The van der Waals surface area contributed by atoms with Crippen molar-refractivity contribution in [2.75, 3.05) is 6.61 Å². The lowest BCUT2D eigenvalue weighted by atomic mass is 10.0. The topological polar surface area (TPSA) is 146 Å². The first-order chi connectivity index (χ1) is 15.2. The normalized spacial score (nSPS) is 12.0. The highest BCUT2D eigenvalue weighted by atomic mass is 32.2. The minimum atomic E-state index is -4.14. The van der Waals surface area contributed by atoms with Crippen molar-refractivity contribution in [3.05, 3.63) is 59.8 Å². The summed E-state index contributed by atoms with van der Waals surface area (Å²) in [6.45, 7) is 1.83. The molecule has 166 valence electrons. The molecule has 2 aromatic carbocycles. The maximum atomic E-state index is 12.7. The van der Waals surface area contributed by atoms with Crippen molar-refractivity contribution < 1.29 is 33.0 Å². The Kier molecular flexibility index (Phi) is 6.82. The molecule has 0 unspecified atom stereocenters. The van der Waals surface area contributed by atoms with Gasteiger partial charge in [0.15, 0.2) is 0 Å². The van der Waals surface area contributed by atoms with Gasteiger partial charge in [0, 0.05) is 23.5 Å². The van der Waals surface area contributed by atoms with Crippen LogP contribution in [0.2, 0.25) is 0 Å². The molecule has 32 heavy (non-hydrogen) atoms. The second kappa shape index (κ2) is 9.55. The molecule has 1 heterocycles. The third-order valence-corrected chi connectivity index (χ3v) is 6.14. The van der Waals surface area contributed by atoms with E-state index < -0.39 is 28.0 Å². The van der Waals surface area contributed by atoms with Crippen LogP contribution in [0.15, 0.2) is 53.6 Å². The fourth-order valence-corrected chi connectivity index (χ4v) is 4.23. The van der Waals surface area contributed by atoms with Gasteiger partial charge in [-0.3, -0.25) is 4.79 Å². The number of aromatic carboxylic acids is 1. The van der Waals surface area contributed by atoms with Gasteiger partial charge >= 0.3 is 11.9 Å². The third-order valence-electron chi connectivity index (χ3n) is 4.66. The van der Waals surface area contributed by atoms with E-state index in [4.69, 9.17) is 4.74 Å². The Morgan fingerprint density at radius 2 is 1.88 bits per heavy atom. The standard InChI is InChI=1S/C22H20N2O7S/c1-2-3-10-31-16-5-7-17(8-6-16)32(29,30)24-20(22(27)28)12-15-13-23-19-9-4-14(21(25)26)11-18(15)19/h4-9,11,13,20,23-24H,10,12H2,1H3,(H,25,26)(H,27,28)/t20-/m0/s1. The van der Waals surface area contributed by atoms with E-state index in [0.29, 0.717) is 22.2 Å². The number of aromatic nitrogens is 1. The Balaban J connectivity index is 1.81. The number of aliphatic carboxylic acids is 1. The van der Waals surface area contributed by atoms with Gasteiger partial charge in [0.05, 0.1) is 10.5 Å². The van der Waals surface area contributed by atoms with E-state index in [-0.39, 0.29) is 23.5 Å². The predicted octanol–water partition coefficient (Wildman–Crippen LogP) is 2.24. The lowest BCUT2D eigenvalue weighted by molar-refractivity contribution is -0.138. The Morgan fingerprint density at radius 1 is 1.16 bits per heavy atom. The number of H-pyrrole nitrogens is 1. The number of carbonyl (C=O) groups is 2. The molecular formula is C22H20N2O7S. The molecule has 1 atom stereocenters. The Bertz CT molecular complexity index is 1320. The number of carboxylic acid groups (broad SMARTS) is 2. The quantitative estimate of drug-likeness (QED) is 0.361. The summed E-state index contributed by atoms with van der Waals surface area (Å²) < 4.78 is 33.0. The maximum absolute atomic E-state index is 12.7. The number of carboxylic acids is 2. The van der Waals surface area contributed by atoms with E-state index >= 15 is 0 Å². The molecule has 9 nitrogen and oxygen atoms in total. The first-order valence-corrected chi connectivity index (χ1v) is 10.9. The molecule has 0 fully saturated rings. The molecule has 0 aliphatic carbocycles. The number of hydrogen-bond acceptors (Lipinski definition) is 5. The van der Waals surface area contributed by atoms with Crippen LogP contribution in [-0.4, -0.2) is 48.2 Å².